The van der Waals surface area contributed by atoms with Gasteiger partial charge >= 0.3 is 0 Å². The molecule has 5 heteroatoms. The number of carbonyl (C=O) groups excluding carboxylic acids is 3. The van der Waals surface area contributed by atoms with Gasteiger partial charge in [-0.25, -0.2) is 0 Å². The Kier molecular flexibility index (Phi) is 4.01. The highest BCUT2D eigenvalue weighted by Crippen LogP contribution is 2.18. The van der Waals surface area contributed by atoms with Crippen molar-refractivity contribution in [3.63, 3.8) is 0 Å². The number of carbonyl (C=O) groups is 3. The van der Waals surface area contributed by atoms with E-state index in [1.54, 1.807) is 13.8 Å². The lowest BCUT2D eigenvalue weighted by Crippen LogP contribution is -2.33. The standard InChI is InChI=1S/C10H12INO3/c1-6(2)8(13)3-4-12-9(14)5-7(11)10(12)15/h5-6H,3-4H2,1-2H3. The molecule has 4 nitrogen and oxygen atoms in total. The van der Waals surface area contributed by atoms with E-state index in [1.807, 2.05) is 22.6 Å². The Hall–Kier alpha value is -0.720. The first-order valence-corrected chi connectivity index (χ1v) is 5.77. The highest BCUT2D eigenvalue weighted by Gasteiger charge is 2.29. The fraction of sp³-hybridized carbons (Fsp3) is 0.500. The molecule has 0 atom stereocenters. The number of Topliss-reactive ketones (excluding diaryl/α,β-unsaturated/α-hetero) is 1. The van der Waals surface area contributed by atoms with Crippen LogP contribution in [0.2, 0.25) is 0 Å². The largest absolute Gasteiger partial charge is 0.299 e. The Bertz CT molecular complexity index is 347. The number of halogens is 1. The zero-order valence-corrected chi connectivity index (χ0v) is 10.8. The quantitative estimate of drug-likeness (QED) is 0.579. The van der Waals surface area contributed by atoms with Crippen LogP contribution in [0.1, 0.15) is 20.3 Å². The third-order valence-corrected chi connectivity index (χ3v) is 2.96. The van der Waals surface area contributed by atoms with Crippen LogP contribution in [-0.2, 0) is 14.4 Å². The molecular weight excluding hydrogens is 309 g/mol. The van der Waals surface area contributed by atoms with Gasteiger partial charge < -0.3 is 0 Å². The molecule has 0 spiro atoms. The molecule has 0 N–H and O–H groups in total. The number of hydrogen-bond donors (Lipinski definition) is 0. The summed E-state index contributed by atoms with van der Waals surface area (Å²) in [6.45, 7) is 3.80. The van der Waals surface area contributed by atoms with Crippen molar-refractivity contribution in [3.05, 3.63) is 9.66 Å². The minimum Gasteiger partial charge on any atom is -0.299 e. The highest BCUT2D eigenvalue weighted by atomic mass is 127. The maximum atomic E-state index is 11.4. The minimum absolute atomic E-state index is 0.0511. The van der Waals surface area contributed by atoms with Gasteiger partial charge in [-0.2, -0.15) is 0 Å². The summed E-state index contributed by atoms with van der Waals surface area (Å²) in [5.41, 5.74) is 0. The van der Waals surface area contributed by atoms with Gasteiger partial charge in [-0.3, -0.25) is 19.3 Å². The minimum atomic E-state index is -0.319. The Morgan fingerprint density at radius 3 is 2.47 bits per heavy atom. The second-order valence-corrected chi connectivity index (χ2v) is 4.82. The van der Waals surface area contributed by atoms with Crippen molar-refractivity contribution >= 4 is 40.2 Å². The summed E-state index contributed by atoms with van der Waals surface area (Å²) in [4.78, 5) is 35.1. The van der Waals surface area contributed by atoms with Crippen molar-refractivity contribution in [2.75, 3.05) is 6.54 Å². The van der Waals surface area contributed by atoms with Crippen LogP contribution < -0.4 is 0 Å². The van der Waals surface area contributed by atoms with Gasteiger partial charge in [0.05, 0.1) is 3.58 Å². The van der Waals surface area contributed by atoms with E-state index in [4.69, 9.17) is 0 Å². The molecule has 1 aliphatic heterocycles. The molecule has 82 valence electrons. The van der Waals surface area contributed by atoms with Crippen LogP contribution in [0, 0.1) is 5.92 Å². The molecule has 0 saturated heterocycles. The monoisotopic (exact) mass is 321 g/mol. The molecule has 0 aromatic heterocycles. The second kappa shape index (κ2) is 4.87. The maximum Gasteiger partial charge on any atom is 0.267 e. The number of nitrogens with zero attached hydrogens (tertiary/aromatic N) is 1. The summed E-state index contributed by atoms with van der Waals surface area (Å²) in [6.07, 6.45) is 1.54. The number of amides is 2. The average molecular weight is 321 g/mol. The normalized spacial score (nSPS) is 16.3. The van der Waals surface area contributed by atoms with Crippen molar-refractivity contribution in [1.29, 1.82) is 0 Å². The summed E-state index contributed by atoms with van der Waals surface area (Å²) in [5, 5.41) is 0. The number of ketones is 1. The van der Waals surface area contributed by atoms with Crippen molar-refractivity contribution in [2.24, 2.45) is 5.92 Å². The van der Waals surface area contributed by atoms with Gasteiger partial charge in [-0.05, 0) is 22.6 Å². The molecule has 0 aliphatic carbocycles. The number of imide groups is 1. The van der Waals surface area contributed by atoms with Gasteiger partial charge in [0.15, 0.2) is 0 Å². The van der Waals surface area contributed by atoms with E-state index in [2.05, 4.69) is 0 Å². The van der Waals surface area contributed by atoms with Crippen LogP contribution in [0.25, 0.3) is 0 Å². The maximum absolute atomic E-state index is 11.4. The first kappa shape index (κ1) is 12.4. The van der Waals surface area contributed by atoms with Crippen LogP contribution in [0.15, 0.2) is 9.66 Å². The Labute approximate surface area is 102 Å². The second-order valence-electron chi connectivity index (χ2n) is 3.66. The van der Waals surface area contributed by atoms with Crippen molar-refractivity contribution in [3.8, 4) is 0 Å². The Balaban J connectivity index is 2.52. The van der Waals surface area contributed by atoms with E-state index < -0.39 is 0 Å². The molecule has 15 heavy (non-hydrogen) atoms. The predicted molar refractivity (Wildman–Crippen MR) is 63.3 cm³/mol. The Morgan fingerprint density at radius 2 is 2.07 bits per heavy atom. The van der Waals surface area contributed by atoms with Gasteiger partial charge in [0.25, 0.3) is 11.8 Å². The molecule has 0 unspecified atom stereocenters. The van der Waals surface area contributed by atoms with Gasteiger partial charge in [-0.1, -0.05) is 13.8 Å². The molecule has 1 rings (SSSR count). The lowest BCUT2D eigenvalue weighted by Gasteiger charge is -2.13. The zero-order chi connectivity index (χ0) is 11.6. The molecule has 0 saturated carbocycles. The topological polar surface area (TPSA) is 54.5 Å². The molecule has 0 bridgehead atoms. The van der Waals surface area contributed by atoms with E-state index in [9.17, 15) is 14.4 Å². The predicted octanol–water partition coefficient (Wildman–Crippen LogP) is 1.29. The summed E-state index contributed by atoms with van der Waals surface area (Å²) >= 11 is 1.82. The van der Waals surface area contributed by atoms with Gasteiger partial charge in [0.1, 0.15) is 5.78 Å². The molecule has 0 fully saturated rings. The van der Waals surface area contributed by atoms with E-state index in [0.29, 0.717) is 3.58 Å². The van der Waals surface area contributed by atoms with E-state index in [0.717, 1.165) is 4.90 Å². The van der Waals surface area contributed by atoms with E-state index in [1.165, 1.54) is 6.08 Å². The summed E-state index contributed by atoms with van der Waals surface area (Å²) in [7, 11) is 0. The molecule has 0 aromatic carbocycles. The van der Waals surface area contributed by atoms with Crippen LogP contribution in [0.4, 0.5) is 0 Å². The first-order valence-electron chi connectivity index (χ1n) is 4.69. The fourth-order valence-electron chi connectivity index (χ4n) is 1.20. The highest BCUT2D eigenvalue weighted by molar-refractivity contribution is 14.1. The van der Waals surface area contributed by atoms with Crippen molar-refractivity contribution in [2.45, 2.75) is 20.3 Å². The van der Waals surface area contributed by atoms with Crippen LogP contribution >= 0.6 is 22.6 Å². The fourth-order valence-corrected chi connectivity index (χ4v) is 1.76. The third kappa shape index (κ3) is 2.87. The number of rotatable bonds is 4. The molecule has 2 amide bonds. The van der Waals surface area contributed by atoms with Crippen molar-refractivity contribution < 1.29 is 14.4 Å². The van der Waals surface area contributed by atoms with Crippen LogP contribution in [-0.4, -0.2) is 29.0 Å². The van der Waals surface area contributed by atoms with Crippen LogP contribution in [0.3, 0.4) is 0 Å². The lowest BCUT2D eigenvalue weighted by atomic mass is 10.1. The summed E-state index contributed by atoms with van der Waals surface area (Å²) in [5.74, 6) is -0.597. The van der Waals surface area contributed by atoms with Crippen LogP contribution in [0.5, 0.6) is 0 Å². The smallest absolute Gasteiger partial charge is 0.267 e. The van der Waals surface area contributed by atoms with Crippen molar-refractivity contribution in [1.82, 2.24) is 4.90 Å². The SMILES string of the molecule is CC(C)C(=O)CCN1C(=O)C=C(I)C1=O. The summed E-state index contributed by atoms with van der Waals surface area (Å²) < 4.78 is 0.412. The zero-order valence-electron chi connectivity index (χ0n) is 8.62. The van der Waals surface area contributed by atoms with Gasteiger partial charge in [0, 0.05) is 25.0 Å². The molecule has 1 aliphatic rings. The third-order valence-electron chi connectivity index (χ3n) is 2.19. The van der Waals surface area contributed by atoms with E-state index >= 15 is 0 Å². The first-order chi connectivity index (χ1) is 6.93. The van der Waals surface area contributed by atoms with Gasteiger partial charge in [-0.15, -0.1) is 0 Å². The molecule has 1 heterocycles. The average Bonchev–Trinajstić information content (AvgIpc) is 2.38. The Morgan fingerprint density at radius 1 is 1.47 bits per heavy atom. The number of hydrogen-bond acceptors (Lipinski definition) is 3. The van der Waals surface area contributed by atoms with Gasteiger partial charge in [0.2, 0.25) is 0 Å². The lowest BCUT2D eigenvalue weighted by molar-refractivity contribution is -0.137. The molecule has 0 aromatic rings. The van der Waals surface area contributed by atoms with E-state index in [-0.39, 0.29) is 36.5 Å². The summed E-state index contributed by atoms with van der Waals surface area (Å²) in [6, 6.07) is 0. The molecule has 0 radical (unpaired) electrons. The molecular formula is C10H12INO3.